The van der Waals surface area contributed by atoms with Crippen LogP contribution in [0, 0.1) is 19.8 Å². The maximum Gasteiger partial charge on any atom is 0.267 e. The summed E-state index contributed by atoms with van der Waals surface area (Å²) in [7, 11) is 1.62. The number of carbonyl (C=O) groups excluding carboxylic acids is 1. The summed E-state index contributed by atoms with van der Waals surface area (Å²) in [5, 5.41) is 7.03. The average Bonchev–Trinajstić information content (AvgIpc) is 2.63. The van der Waals surface area contributed by atoms with Crippen LogP contribution >= 0.6 is 0 Å². The molecule has 0 bridgehead atoms. The molecule has 1 aliphatic heterocycles. The van der Waals surface area contributed by atoms with Gasteiger partial charge in [-0.3, -0.25) is 9.59 Å². The number of carbonyl (C=O) groups is 1. The number of methoxy groups -OCH3 is 1. The van der Waals surface area contributed by atoms with E-state index in [1.54, 1.807) is 7.11 Å². The lowest BCUT2D eigenvalue weighted by atomic mass is 9.96. The first kappa shape index (κ1) is 18.0. The summed E-state index contributed by atoms with van der Waals surface area (Å²) >= 11 is 0. The quantitative estimate of drug-likeness (QED) is 0.870. The third-order valence-corrected chi connectivity index (χ3v) is 4.57. The lowest BCUT2D eigenvalue weighted by Gasteiger charge is -2.26. The molecule has 1 aromatic carbocycles. The van der Waals surface area contributed by atoms with Crippen LogP contribution in [-0.2, 0) is 17.8 Å². The molecule has 0 radical (unpaired) electrons. The molecule has 1 aromatic heterocycles. The van der Waals surface area contributed by atoms with E-state index in [0.717, 1.165) is 34.7 Å². The van der Waals surface area contributed by atoms with Gasteiger partial charge in [0, 0.05) is 18.5 Å². The van der Waals surface area contributed by atoms with Gasteiger partial charge in [-0.25, -0.2) is 4.68 Å². The third kappa shape index (κ3) is 3.87. The van der Waals surface area contributed by atoms with Gasteiger partial charge in [0.1, 0.15) is 6.54 Å². The fourth-order valence-electron chi connectivity index (χ4n) is 2.99. The minimum Gasteiger partial charge on any atom is -0.493 e. The minimum absolute atomic E-state index is 0.0854. The lowest BCUT2D eigenvalue weighted by molar-refractivity contribution is -0.122. The Bertz CT molecular complexity index is 876. The highest BCUT2D eigenvalue weighted by Gasteiger charge is 2.23. The van der Waals surface area contributed by atoms with Gasteiger partial charge in [-0.1, -0.05) is 12.1 Å². The highest BCUT2D eigenvalue weighted by Crippen LogP contribution is 2.35. The second-order valence-corrected chi connectivity index (χ2v) is 6.54. The largest absolute Gasteiger partial charge is 0.493 e. The molecule has 0 fully saturated rings. The van der Waals surface area contributed by atoms with Crippen molar-refractivity contribution in [2.75, 3.05) is 20.3 Å². The van der Waals surface area contributed by atoms with Crippen LogP contribution in [0.4, 0.5) is 0 Å². The van der Waals surface area contributed by atoms with Crippen LogP contribution in [0.25, 0.3) is 0 Å². The second-order valence-electron chi connectivity index (χ2n) is 6.54. The zero-order chi connectivity index (χ0) is 18.7. The van der Waals surface area contributed by atoms with Crippen LogP contribution in [0.5, 0.6) is 11.5 Å². The molecule has 1 aliphatic rings. The number of aromatic nitrogens is 2. The molecule has 1 atom stereocenters. The molecule has 2 aromatic rings. The standard InChI is InChI=1S/C19H23N3O4/c1-12-7-18(24)22(21-13(12)2)10-17(23)20-9-14-8-15-5-4-6-16(25-3)19(15)26-11-14/h4-7,14H,8-11H2,1-3H3,(H,20,23). The van der Waals surface area contributed by atoms with Gasteiger partial charge >= 0.3 is 0 Å². The summed E-state index contributed by atoms with van der Waals surface area (Å²) in [6.45, 7) is 4.54. The number of ether oxygens (including phenoxy) is 2. The molecule has 0 saturated heterocycles. The Labute approximate surface area is 151 Å². The van der Waals surface area contributed by atoms with E-state index in [1.165, 1.54) is 10.7 Å². The number of benzene rings is 1. The maximum atomic E-state index is 12.2. The van der Waals surface area contributed by atoms with Crippen LogP contribution in [0.15, 0.2) is 29.1 Å². The van der Waals surface area contributed by atoms with Crippen LogP contribution < -0.4 is 20.3 Å². The van der Waals surface area contributed by atoms with E-state index in [-0.39, 0.29) is 23.9 Å². The minimum atomic E-state index is -0.273. The fourth-order valence-corrected chi connectivity index (χ4v) is 2.99. The van der Waals surface area contributed by atoms with Crippen molar-refractivity contribution in [2.24, 2.45) is 5.92 Å². The Morgan fingerprint density at radius 1 is 1.42 bits per heavy atom. The number of para-hydroxylation sites is 1. The predicted octanol–water partition coefficient (Wildman–Crippen LogP) is 1.24. The van der Waals surface area contributed by atoms with Crippen LogP contribution in [0.2, 0.25) is 0 Å². The van der Waals surface area contributed by atoms with Gasteiger partial charge in [-0.05, 0) is 37.5 Å². The van der Waals surface area contributed by atoms with Gasteiger partial charge in [0.2, 0.25) is 5.91 Å². The number of amides is 1. The molecule has 138 valence electrons. The second kappa shape index (κ2) is 7.59. The summed E-state index contributed by atoms with van der Waals surface area (Å²) in [6, 6.07) is 7.30. The summed E-state index contributed by atoms with van der Waals surface area (Å²) < 4.78 is 12.3. The van der Waals surface area contributed by atoms with Crippen molar-refractivity contribution >= 4 is 5.91 Å². The molecule has 1 amide bonds. The predicted molar refractivity (Wildman–Crippen MR) is 96.7 cm³/mol. The number of aryl methyl sites for hydroxylation is 2. The van der Waals surface area contributed by atoms with E-state index in [9.17, 15) is 9.59 Å². The monoisotopic (exact) mass is 357 g/mol. The van der Waals surface area contributed by atoms with Crippen molar-refractivity contribution in [3.8, 4) is 11.5 Å². The molecule has 2 heterocycles. The van der Waals surface area contributed by atoms with Crippen molar-refractivity contribution in [1.82, 2.24) is 15.1 Å². The smallest absolute Gasteiger partial charge is 0.267 e. The van der Waals surface area contributed by atoms with Gasteiger partial charge in [-0.2, -0.15) is 5.10 Å². The first-order valence-corrected chi connectivity index (χ1v) is 8.58. The molecular formula is C19H23N3O4. The topological polar surface area (TPSA) is 82.4 Å². The average molecular weight is 357 g/mol. The van der Waals surface area contributed by atoms with Crippen molar-refractivity contribution in [2.45, 2.75) is 26.8 Å². The number of fused-ring (bicyclic) bond motifs is 1. The Morgan fingerprint density at radius 3 is 3.00 bits per heavy atom. The normalized spacial score (nSPS) is 15.7. The first-order chi connectivity index (χ1) is 12.5. The molecule has 3 rings (SSSR count). The van der Waals surface area contributed by atoms with Crippen molar-refractivity contribution in [3.63, 3.8) is 0 Å². The summed E-state index contributed by atoms with van der Waals surface area (Å²) in [5.41, 5.74) is 2.36. The summed E-state index contributed by atoms with van der Waals surface area (Å²) in [6.07, 6.45) is 0.800. The van der Waals surface area contributed by atoms with Crippen molar-refractivity contribution in [3.05, 3.63) is 51.4 Å². The molecule has 1 N–H and O–H groups in total. The van der Waals surface area contributed by atoms with Gasteiger partial charge in [0.25, 0.3) is 5.56 Å². The van der Waals surface area contributed by atoms with Crippen molar-refractivity contribution < 1.29 is 14.3 Å². The zero-order valence-corrected chi connectivity index (χ0v) is 15.2. The SMILES string of the molecule is COc1cccc2c1OCC(CNC(=O)Cn1nc(C)c(C)cc1=O)C2. The molecule has 1 unspecified atom stereocenters. The summed E-state index contributed by atoms with van der Waals surface area (Å²) in [5.74, 6) is 1.44. The zero-order valence-electron chi connectivity index (χ0n) is 15.2. The Morgan fingerprint density at radius 2 is 2.23 bits per heavy atom. The summed E-state index contributed by atoms with van der Waals surface area (Å²) in [4.78, 5) is 24.1. The molecule has 7 nitrogen and oxygen atoms in total. The number of hydrogen-bond donors (Lipinski definition) is 1. The van der Waals surface area contributed by atoms with Crippen LogP contribution in [0.1, 0.15) is 16.8 Å². The van der Waals surface area contributed by atoms with Crippen molar-refractivity contribution in [1.29, 1.82) is 0 Å². The molecule has 26 heavy (non-hydrogen) atoms. The Hall–Kier alpha value is -2.83. The molecule has 0 spiro atoms. The number of nitrogens with one attached hydrogen (secondary N) is 1. The maximum absolute atomic E-state index is 12.2. The van der Waals surface area contributed by atoms with Gasteiger partial charge in [-0.15, -0.1) is 0 Å². The number of rotatable bonds is 5. The van der Waals surface area contributed by atoms with Crippen LogP contribution in [-0.4, -0.2) is 35.9 Å². The third-order valence-electron chi connectivity index (χ3n) is 4.57. The molecule has 7 heteroatoms. The van der Waals surface area contributed by atoms with E-state index in [2.05, 4.69) is 10.4 Å². The number of hydrogen-bond acceptors (Lipinski definition) is 5. The van der Waals surface area contributed by atoms with E-state index in [4.69, 9.17) is 9.47 Å². The molecule has 0 aliphatic carbocycles. The van der Waals surface area contributed by atoms with Crippen LogP contribution in [0.3, 0.4) is 0 Å². The van der Waals surface area contributed by atoms with Gasteiger partial charge < -0.3 is 14.8 Å². The lowest BCUT2D eigenvalue weighted by Crippen LogP contribution is -2.38. The molecular weight excluding hydrogens is 334 g/mol. The van der Waals surface area contributed by atoms with E-state index >= 15 is 0 Å². The van der Waals surface area contributed by atoms with E-state index in [0.29, 0.717) is 13.2 Å². The highest BCUT2D eigenvalue weighted by atomic mass is 16.5. The Balaban J connectivity index is 1.57. The van der Waals surface area contributed by atoms with E-state index in [1.807, 2.05) is 32.0 Å². The number of nitrogens with zero attached hydrogens (tertiary/aromatic N) is 2. The fraction of sp³-hybridized carbons (Fsp3) is 0.421. The van der Waals surface area contributed by atoms with Gasteiger partial charge in [0.15, 0.2) is 11.5 Å². The van der Waals surface area contributed by atoms with E-state index < -0.39 is 0 Å². The Kier molecular flexibility index (Phi) is 5.25. The van der Waals surface area contributed by atoms with Gasteiger partial charge in [0.05, 0.1) is 19.4 Å². The first-order valence-electron chi connectivity index (χ1n) is 8.58. The molecule has 0 saturated carbocycles. The highest BCUT2D eigenvalue weighted by molar-refractivity contribution is 5.75.